The maximum atomic E-state index is 16.7. The molecule has 5 heterocycles. The van der Waals surface area contributed by atoms with Crippen molar-refractivity contribution in [1.29, 1.82) is 0 Å². The Kier molecular flexibility index (Phi) is 11.1. The molecular formula is C47H42BF3N8O8. The number of nitrogens with one attached hydrogen (secondary N) is 1. The van der Waals surface area contributed by atoms with Crippen molar-refractivity contribution in [3.63, 3.8) is 0 Å². The summed E-state index contributed by atoms with van der Waals surface area (Å²) < 4.78 is 56.8. The van der Waals surface area contributed by atoms with E-state index < -0.39 is 58.3 Å². The molecule has 2 unspecified atom stereocenters. The predicted octanol–water partition coefficient (Wildman–Crippen LogP) is 7.05. The van der Waals surface area contributed by atoms with Gasteiger partial charge < -0.3 is 32.1 Å². The number of hydrogen-bond acceptors (Lipinski definition) is 9. The molecule has 0 saturated carbocycles. The first-order valence-corrected chi connectivity index (χ1v) is 21.5. The molecule has 0 spiro atoms. The molecule has 1 aromatic heterocycles. The van der Waals surface area contributed by atoms with Crippen LogP contribution in [-0.2, 0) is 17.8 Å². The fraction of sp³-hybridized carbons (Fsp3) is 0.255. The van der Waals surface area contributed by atoms with Gasteiger partial charge in [0.25, 0.3) is 23.2 Å². The summed E-state index contributed by atoms with van der Waals surface area (Å²) in [5, 5.41) is 28.3. The van der Waals surface area contributed by atoms with Crippen molar-refractivity contribution in [1.82, 2.24) is 19.7 Å². The van der Waals surface area contributed by atoms with Gasteiger partial charge in [0.15, 0.2) is 5.70 Å². The normalized spacial score (nSPS) is 19.4. The number of fused-ring (bicyclic) bond motifs is 3. The Morgan fingerprint density at radius 3 is 2.22 bits per heavy atom. The second-order valence-electron chi connectivity index (χ2n) is 17.1. The second-order valence-corrected chi connectivity index (χ2v) is 17.1. The van der Waals surface area contributed by atoms with Crippen LogP contribution in [0.1, 0.15) is 68.2 Å². The van der Waals surface area contributed by atoms with Crippen LogP contribution in [0.15, 0.2) is 107 Å². The third-order valence-corrected chi connectivity index (χ3v) is 13.0. The van der Waals surface area contributed by atoms with E-state index in [1.165, 1.54) is 46.2 Å². The minimum absolute atomic E-state index is 0.0122. The van der Waals surface area contributed by atoms with Gasteiger partial charge in [-0.2, -0.15) is 5.10 Å². The van der Waals surface area contributed by atoms with Crippen LogP contribution in [0.3, 0.4) is 0 Å². The highest BCUT2D eigenvalue weighted by Crippen LogP contribution is 2.47. The minimum Gasteiger partial charge on any atom is -0.488 e. The zero-order valence-electron chi connectivity index (χ0n) is 36.7. The third kappa shape index (κ3) is 7.60. The van der Waals surface area contributed by atoms with E-state index in [0.29, 0.717) is 22.4 Å². The summed E-state index contributed by atoms with van der Waals surface area (Å²) in [4.78, 5) is 66.2. The van der Waals surface area contributed by atoms with E-state index >= 15 is 13.0 Å². The molecule has 1 N–H and O–H groups in total. The van der Waals surface area contributed by atoms with E-state index in [2.05, 4.69) is 10.5 Å². The topological polar surface area (TPSA) is 186 Å². The number of amides is 3. The van der Waals surface area contributed by atoms with Crippen molar-refractivity contribution >= 4 is 53.1 Å². The zero-order chi connectivity index (χ0) is 47.6. The van der Waals surface area contributed by atoms with Crippen LogP contribution in [0, 0.1) is 51.7 Å². The Bertz CT molecular complexity index is 3040. The number of nitro groups is 2. The number of halogens is 3. The van der Waals surface area contributed by atoms with Gasteiger partial charge in [0.2, 0.25) is 5.91 Å². The van der Waals surface area contributed by atoms with Crippen LogP contribution in [0.2, 0.25) is 0 Å². The summed E-state index contributed by atoms with van der Waals surface area (Å²) in [6.07, 6.45) is 9.20. The Hall–Kier alpha value is -7.90. The number of allylic oxidation sites excluding steroid dienone is 5. The van der Waals surface area contributed by atoms with Crippen LogP contribution in [0.4, 0.5) is 24.4 Å². The highest BCUT2D eigenvalue weighted by atomic mass is 19.2. The summed E-state index contributed by atoms with van der Waals surface area (Å²) in [5.74, 6) is -2.67. The quantitative estimate of drug-likeness (QED) is 0.0996. The van der Waals surface area contributed by atoms with E-state index in [-0.39, 0.29) is 101 Å². The van der Waals surface area contributed by atoms with E-state index in [1.54, 1.807) is 58.1 Å². The molecular weight excluding hydrogens is 872 g/mol. The van der Waals surface area contributed by atoms with Crippen LogP contribution >= 0.6 is 0 Å². The monoisotopic (exact) mass is 914 g/mol. The molecule has 1 fully saturated rings. The number of rotatable bonds is 10. The first-order valence-electron chi connectivity index (χ1n) is 21.5. The number of aryl methyl sites for hydroxylation is 2. The number of nitro benzene ring substituents is 2. The van der Waals surface area contributed by atoms with E-state index in [4.69, 9.17) is 4.74 Å². The molecule has 16 nitrogen and oxygen atoms in total. The molecule has 2 atom stereocenters. The molecule has 9 rings (SSSR count). The van der Waals surface area contributed by atoms with Crippen molar-refractivity contribution in [3.8, 4) is 5.75 Å². The van der Waals surface area contributed by atoms with E-state index in [9.17, 15) is 34.6 Å². The van der Waals surface area contributed by atoms with Gasteiger partial charge in [-0.25, -0.2) is 9.82 Å². The lowest BCUT2D eigenvalue weighted by molar-refractivity contribution is -0.396. The van der Waals surface area contributed by atoms with Gasteiger partial charge in [0, 0.05) is 86.0 Å². The van der Waals surface area contributed by atoms with Gasteiger partial charge in [0.05, 0.1) is 32.6 Å². The van der Waals surface area contributed by atoms with Crippen molar-refractivity contribution in [2.24, 2.45) is 16.9 Å². The lowest BCUT2D eigenvalue weighted by Crippen LogP contribution is -2.51. The molecule has 0 bridgehead atoms. The fourth-order valence-corrected chi connectivity index (χ4v) is 9.87. The van der Waals surface area contributed by atoms with Crippen molar-refractivity contribution in [2.75, 3.05) is 26.2 Å². The minimum atomic E-state index is -4.40. The zero-order valence-corrected chi connectivity index (χ0v) is 36.7. The van der Waals surface area contributed by atoms with Gasteiger partial charge in [-0.15, -0.1) is 0 Å². The van der Waals surface area contributed by atoms with Gasteiger partial charge in [0.1, 0.15) is 29.4 Å². The predicted molar refractivity (Wildman–Crippen MR) is 241 cm³/mol. The van der Waals surface area contributed by atoms with Crippen molar-refractivity contribution < 1.29 is 46.5 Å². The molecule has 4 aliphatic heterocycles. The van der Waals surface area contributed by atoms with Crippen LogP contribution in [0.25, 0.3) is 5.57 Å². The highest BCUT2D eigenvalue weighted by molar-refractivity contribution is 6.58. The first-order chi connectivity index (χ1) is 32.0. The number of piperazine rings is 1. The van der Waals surface area contributed by atoms with Gasteiger partial charge >= 0.3 is 6.97 Å². The van der Waals surface area contributed by atoms with Gasteiger partial charge in [-0.1, -0.05) is 30.4 Å². The summed E-state index contributed by atoms with van der Waals surface area (Å²) >= 11 is 0. The Morgan fingerprint density at radius 1 is 0.896 bits per heavy atom. The maximum absolute atomic E-state index is 16.7. The number of benzene rings is 3. The Morgan fingerprint density at radius 2 is 1.55 bits per heavy atom. The van der Waals surface area contributed by atoms with E-state index in [0.717, 1.165) is 21.1 Å². The number of aromatic nitrogens is 1. The molecule has 1 aliphatic carbocycles. The average Bonchev–Trinajstić information content (AvgIpc) is 3.79. The third-order valence-electron chi connectivity index (χ3n) is 13.0. The summed E-state index contributed by atoms with van der Waals surface area (Å²) in [6, 6.07) is 13.7. The molecule has 0 radical (unpaired) electrons. The van der Waals surface area contributed by atoms with Gasteiger partial charge in [-0.3, -0.25) is 34.6 Å². The number of carbonyl (C=O) groups is 3. The smallest absolute Gasteiger partial charge is 0.488 e. The second kappa shape index (κ2) is 16.8. The van der Waals surface area contributed by atoms with Crippen molar-refractivity contribution in [3.05, 3.63) is 173 Å². The SMILES string of the molecule is CC1=CC(C)=[N+]2C1=C(c1cc(C(=O)N3CCN(C(=O)c4cc(CC5=NNC(=O)C6C=CC=CC56)ccc4F)CC3)ccc1OCc1c([N+](=O)[O-])cccc1[N+](=O)[O-])c1c(C)cc(C)n1[B-]2(F)F. The fourth-order valence-electron chi connectivity index (χ4n) is 9.87. The standard InChI is InChI=1S/C47H42BF3N8O8/c1-26-20-28(3)56-43(26)42(44-27(2)21-29(4)57(44)48(56,50)51)35-24-31(13-15-41(35)67-25-36-39(58(63)64)10-7-11-40(36)59(65)66)46(61)54-16-18-55(19-17-54)47(62)34-22-30(12-14-37(34)49)23-38-32-8-5-6-9-33(32)45(60)53-52-38/h5-15,20-22,24,32-33H,16-19,23,25H2,1-4H3,(H,53,60). The molecule has 5 aliphatic rings. The Balaban J connectivity index is 1.02. The average molecular weight is 915 g/mol. The number of nitrogens with zero attached hydrogens (tertiary/aromatic N) is 7. The van der Waals surface area contributed by atoms with E-state index in [1.807, 2.05) is 12.2 Å². The number of hydrazone groups is 1. The van der Waals surface area contributed by atoms with Gasteiger partial charge in [-0.05, 0) is 80.1 Å². The van der Waals surface area contributed by atoms with Crippen LogP contribution in [0.5, 0.6) is 5.75 Å². The van der Waals surface area contributed by atoms with Crippen LogP contribution < -0.4 is 10.2 Å². The molecule has 4 aromatic rings. The largest absolute Gasteiger partial charge is 0.737 e. The lowest BCUT2D eigenvalue weighted by Gasteiger charge is -2.35. The summed E-state index contributed by atoms with van der Waals surface area (Å²) in [6.45, 7) is 1.70. The molecule has 3 aromatic carbocycles. The summed E-state index contributed by atoms with van der Waals surface area (Å²) in [7, 11) is 0. The molecule has 342 valence electrons. The van der Waals surface area contributed by atoms with Crippen LogP contribution in [-0.4, -0.2) is 90.9 Å². The maximum Gasteiger partial charge on any atom is 0.737 e. The molecule has 20 heteroatoms. The molecule has 3 amide bonds. The summed E-state index contributed by atoms with van der Waals surface area (Å²) in [5.41, 5.74) is 4.72. The highest BCUT2D eigenvalue weighted by Gasteiger charge is 2.55. The first kappa shape index (κ1) is 44.3. The number of hydrogen-bond donors (Lipinski definition) is 1. The van der Waals surface area contributed by atoms with Crippen molar-refractivity contribution in [2.45, 2.75) is 40.7 Å². The Labute approximate surface area is 381 Å². The number of ether oxygens (including phenoxy) is 1. The lowest BCUT2D eigenvalue weighted by atomic mass is 9.81. The molecule has 1 saturated heterocycles. The number of carbonyl (C=O) groups excluding carboxylic acids is 3. The molecule has 67 heavy (non-hydrogen) atoms.